The Morgan fingerprint density at radius 1 is 1.23 bits per heavy atom. The summed E-state index contributed by atoms with van der Waals surface area (Å²) in [7, 11) is 0. The van der Waals surface area contributed by atoms with E-state index in [1.54, 1.807) is 6.33 Å². The van der Waals surface area contributed by atoms with Gasteiger partial charge in [-0.25, -0.2) is 4.68 Å². The highest BCUT2D eigenvalue weighted by Crippen LogP contribution is 2.34. The number of nitrogens with zero attached hydrogens (tertiary/aromatic N) is 5. The summed E-state index contributed by atoms with van der Waals surface area (Å²) in [6.07, 6.45) is 4.60. The molecule has 6 heteroatoms. The van der Waals surface area contributed by atoms with Crippen molar-refractivity contribution < 1.29 is 4.74 Å². The van der Waals surface area contributed by atoms with Gasteiger partial charge in [0.05, 0.1) is 12.3 Å². The number of aromatic nitrogens is 5. The Kier molecular flexibility index (Phi) is 2.96. The summed E-state index contributed by atoms with van der Waals surface area (Å²) in [5.74, 6) is 1.62. The van der Waals surface area contributed by atoms with Crippen LogP contribution in [0.25, 0.3) is 17.2 Å². The molecule has 112 valence electrons. The molecule has 3 aromatic rings. The Hall–Kier alpha value is -2.63. The summed E-state index contributed by atoms with van der Waals surface area (Å²) >= 11 is 0. The number of hydrogen-bond acceptors (Lipinski definition) is 4. The highest BCUT2D eigenvalue weighted by Gasteiger charge is 2.21. The molecule has 1 aliphatic heterocycles. The Morgan fingerprint density at radius 3 is 2.95 bits per heavy atom. The van der Waals surface area contributed by atoms with Crippen LogP contribution in [0.3, 0.4) is 0 Å². The predicted molar refractivity (Wildman–Crippen MR) is 82.2 cm³/mol. The van der Waals surface area contributed by atoms with E-state index in [4.69, 9.17) is 9.84 Å². The molecule has 0 saturated carbocycles. The molecule has 1 aromatic carbocycles. The largest absolute Gasteiger partial charge is 0.493 e. The molecule has 0 unspecified atom stereocenters. The monoisotopic (exact) mass is 295 g/mol. The van der Waals surface area contributed by atoms with Gasteiger partial charge in [0.2, 0.25) is 0 Å². The van der Waals surface area contributed by atoms with Gasteiger partial charge in [-0.1, -0.05) is 12.1 Å². The fourth-order valence-electron chi connectivity index (χ4n) is 2.75. The van der Waals surface area contributed by atoms with Crippen molar-refractivity contribution >= 4 is 0 Å². The van der Waals surface area contributed by atoms with Crippen LogP contribution in [0.15, 0.2) is 36.8 Å². The van der Waals surface area contributed by atoms with E-state index in [0.29, 0.717) is 6.61 Å². The maximum Gasteiger partial charge on any atom is 0.252 e. The van der Waals surface area contributed by atoms with Crippen LogP contribution in [0.2, 0.25) is 0 Å². The topological polar surface area (TPSA) is 57.8 Å². The minimum Gasteiger partial charge on any atom is -0.493 e. The normalized spacial score (nSPS) is 13.4. The van der Waals surface area contributed by atoms with E-state index in [0.717, 1.165) is 29.4 Å². The van der Waals surface area contributed by atoms with Crippen LogP contribution in [0.5, 0.6) is 5.75 Å². The number of benzene rings is 1. The lowest BCUT2D eigenvalue weighted by Crippen LogP contribution is -2.09. The molecule has 4 rings (SSSR count). The van der Waals surface area contributed by atoms with Gasteiger partial charge in [-0.2, -0.15) is 5.10 Å². The Morgan fingerprint density at radius 2 is 2.09 bits per heavy atom. The molecule has 0 saturated heterocycles. The first-order valence-electron chi connectivity index (χ1n) is 7.44. The van der Waals surface area contributed by atoms with E-state index in [9.17, 15) is 0 Å². The number of fused-ring (bicyclic) bond motifs is 3. The highest BCUT2D eigenvalue weighted by molar-refractivity contribution is 5.70. The number of ether oxygens (including phenoxy) is 1. The van der Waals surface area contributed by atoms with Crippen molar-refractivity contribution in [1.29, 1.82) is 0 Å². The number of hydrogen-bond donors (Lipinski definition) is 0. The third kappa shape index (κ3) is 1.99. The van der Waals surface area contributed by atoms with Crippen LogP contribution < -0.4 is 4.74 Å². The second kappa shape index (κ2) is 4.98. The summed E-state index contributed by atoms with van der Waals surface area (Å²) in [5.41, 5.74) is 3.17. The third-order valence-corrected chi connectivity index (χ3v) is 3.88. The minimum atomic E-state index is 0.282. The molecule has 2 aromatic heterocycles. The number of para-hydroxylation sites is 1. The Labute approximate surface area is 128 Å². The van der Waals surface area contributed by atoms with E-state index < -0.39 is 0 Å². The van der Waals surface area contributed by atoms with Gasteiger partial charge in [0.1, 0.15) is 12.1 Å². The zero-order valence-corrected chi connectivity index (χ0v) is 12.6. The fourth-order valence-corrected chi connectivity index (χ4v) is 2.75. The van der Waals surface area contributed by atoms with Gasteiger partial charge in [0, 0.05) is 29.8 Å². The molecule has 0 amide bonds. The molecule has 0 N–H and O–H groups in total. The van der Waals surface area contributed by atoms with Gasteiger partial charge in [0.25, 0.3) is 5.95 Å². The van der Waals surface area contributed by atoms with Crippen molar-refractivity contribution in [3.05, 3.63) is 42.4 Å². The molecular formula is C16H17N5O. The summed E-state index contributed by atoms with van der Waals surface area (Å²) in [5, 5.41) is 13.0. The average molecular weight is 295 g/mol. The van der Waals surface area contributed by atoms with Gasteiger partial charge in [0.15, 0.2) is 0 Å². The summed E-state index contributed by atoms with van der Waals surface area (Å²) in [6.45, 7) is 4.86. The average Bonchev–Trinajstić information content (AvgIpc) is 3.11. The van der Waals surface area contributed by atoms with E-state index in [1.165, 1.54) is 5.56 Å². The van der Waals surface area contributed by atoms with Gasteiger partial charge in [-0.05, 0) is 26.0 Å². The zero-order chi connectivity index (χ0) is 15.1. The Bertz CT molecular complexity index is 818. The molecule has 6 nitrogen and oxygen atoms in total. The van der Waals surface area contributed by atoms with Crippen LogP contribution in [0, 0.1) is 0 Å². The van der Waals surface area contributed by atoms with Gasteiger partial charge in [-0.15, -0.1) is 10.2 Å². The Balaban J connectivity index is 1.86. The lowest BCUT2D eigenvalue weighted by atomic mass is 10.1. The molecule has 0 fully saturated rings. The van der Waals surface area contributed by atoms with Gasteiger partial charge >= 0.3 is 0 Å². The molecule has 22 heavy (non-hydrogen) atoms. The molecule has 1 aliphatic rings. The fraction of sp³-hybridized carbons (Fsp3) is 0.312. The lowest BCUT2D eigenvalue weighted by Gasteiger charge is -2.09. The first-order chi connectivity index (χ1) is 10.7. The summed E-state index contributed by atoms with van der Waals surface area (Å²) in [6, 6.07) is 8.30. The molecule has 0 aliphatic carbocycles. The van der Waals surface area contributed by atoms with E-state index in [1.807, 2.05) is 39.7 Å². The van der Waals surface area contributed by atoms with E-state index in [2.05, 4.69) is 24.0 Å². The van der Waals surface area contributed by atoms with Gasteiger partial charge < -0.3 is 4.74 Å². The van der Waals surface area contributed by atoms with Crippen molar-refractivity contribution in [2.24, 2.45) is 0 Å². The SMILES string of the molecule is CC(C)n1cnnc1-n1cc2c(n1)-c1ccccc1OCC2. The second-order valence-electron chi connectivity index (χ2n) is 5.67. The van der Waals surface area contributed by atoms with Crippen LogP contribution in [0.4, 0.5) is 0 Å². The van der Waals surface area contributed by atoms with Crippen LogP contribution in [-0.4, -0.2) is 31.2 Å². The van der Waals surface area contributed by atoms with Crippen LogP contribution in [-0.2, 0) is 6.42 Å². The summed E-state index contributed by atoms with van der Waals surface area (Å²) in [4.78, 5) is 0. The highest BCUT2D eigenvalue weighted by atomic mass is 16.5. The summed E-state index contributed by atoms with van der Waals surface area (Å²) < 4.78 is 9.63. The molecular weight excluding hydrogens is 278 g/mol. The maximum atomic E-state index is 5.80. The lowest BCUT2D eigenvalue weighted by molar-refractivity contribution is 0.326. The predicted octanol–water partition coefficient (Wildman–Crippen LogP) is 2.65. The molecule has 0 radical (unpaired) electrons. The second-order valence-corrected chi connectivity index (χ2v) is 5.67. The standard InChI is InChI=1S/C16H17N5O/c1-11(2)20-10-17-18-16(20)21-9-12-7-8-22-14-6-4-3-5-13(14)15(12)19-21/h3-6,9-11H,7-8H2,1-2H3. The van der Waals surface area contributed by atoms with Crippen molar-refractivity contribution in [3.63, 3.8) is 0 Å². The van der Waals surface area contributed by atoms with Crippen molar-refractivity contribution in [2.75, 3.05) is 6.61 Å². The van der Waals surface area contributed by atoms with Crippen LogP contribution in [0.1, 0.15) is 25.5 Å². The third-order valence-electron chi connectivity index (χ3n) is 3.88. The first kappa shape index (κ1) is 13.1. The van der Waals surface area contributed by atoms with Crippen molar-refractivity contribution in [1.82, 2.24) is 24.5 Å². The maximum absolute atomic E-state index is 5.80. The van der Waals surface area contributed by atoms with Crippen molar-refractivity contribution in [3.8, 4) is 23.0 Å². The van der Waals surface area contributed by atoms with E-state index in [-0.39, 0.29) is 6.04 Å². The molecule has 3 heterocycles. The van der Waals surface area contributed by atoms with Gasteiger partial charge in [-0.3, -0.25) is 4.57 Å². The molecule has 0 spiro atoms. The molecule has 0 atom stereocenters. The van der Waals surface area contributed by atoms with E-state index >= 15 is 0 Å². The molecule has 0 bridgehead atoms. The number of rotatable bonds is 2. The first-order valence-corrected chi connectivity index (χ1v) is 7.44. The van der Waals surface area contributed by atoms with Crippen LogP contribution >= 0.6 is 0 Å². The zero-order valence-electron chi connectivity index (χ0n) is 12.6. The minimum absolute atomic E-state index is 0.282. The quantitative estimate of drug-likeness (QED) is 0.729. The smallest absolute Gasteiger partial charge is 0.252 e. The van der Waals surface area contributed by atoms with Crippen molar-refractivity contribution in [2.45, 2.75) is 26.3 Å².